The number of aromatic nitrogens is 1. The smallest absolute Gasteiger partial charge is 0.170 e. The van der Waals surface area contributed by atoms with E-state index in [4.69, 9.17) is 39.1 Å². The number of thiophene rings is 1. The van der Waals surface area contributed by atoms with Crippen molar-refractivity contribution in [3.8, 4) is 10.4 Å². The molecule has 27 heavy (non-hydrogen) atoms. The Bertz CT molecular complexity index is 1080. The van der Waals surface area contributed by atoms with E-state index < -0.39 is 0 Å². The Kier molecular flexibility index (Phi) is 4.66. The van der Waals surface area contributed by atoms with Gasteiger partial charge >= 0.3 is 0 Å². The first-order chi connectivity index (χ1) is 12.9. The van der Waals surface area contributed by atoms with Crippen LogP contribution in [-0.2, 0) is 0 Å². The molecule has 0 aliphatic carbocycles. The van der Waals surface area contributed by atoms with Crippen LogP contribution < -0.4 is 5.73 Å². The molecule has 0 unspecified atom stereocenters. The first-order valence-corrected chi connectivity index (χ1v) is 10.2. The molecule has 4 nitrogen and oxygen atoms in total. The Morgan fingerprint density at radius 3 is 2.59 bits per heavy atom. The largest absolute Gasteiger partial charge is 0.393 e. The molecule has 3 aromatic rings. The number of halogens is 1. The van der Waals surface area contributed by atoms with Gasteiger partial charge in [-0.2, -0.15) is 0 Å². The topological polar surface area (TPSA) is 64.4 Å². The molecular formula is C20H18ClN3OS2. The fraction of sp³-hybridized carbons (Fsp3) is 0.250. The van der Waals surface area contributed by atoms with Gasteiger partial charge in [0.1, 0.15) is 6.04 Å². The van der Waals surface area contributed by atoms with Crippen molar-refractivity contribution in [2.45, 2.75) is 33.2 Å². The minimum atomic E-state index is -0.302. The summed E-state index contributed by atoms with van der Waals surface area (Å²) in [6.07, 6.45) is 0.432. The second kappa shape index (κ2) is 6.86. The standard InChI is InChI=1S/C20H18ClN3OS2/c1-9-11(3)27-20-16(9)18(12-4-6-13(21)7-5-12)23-14(8-15(22)26)19-17(20)10(2)24-25-19/h4-7,14H,8H2,1-3H3,(H2,22,26)/t14-/m0/s1. The lowest BCUT2D eigenvalue weighted by Gasteiger charge is -2.12. The second-order valence-electron chi connectivity index (χ2n) is 6.67. The van der Waals surface area contributed by atoms with Crippen LogP contribution in [0.25, 0.3) is 10.4 Å². The van der Waals surface area contributed by atoms with Gasteiger partial charge < -0.3 is 10.3 Å². The number of nitrogens with two attached hydrogens (primary N) is 1. The van der Waals surface area contributed by atoms with Gasteiger partial charge in [0, 0.05) is 32.3 Å². The van der Waals surface area contributed by atoms with E-state index in [1.807, 2.05) is 31.2 Å². The average Bonchev–Trinajstić information content (AvgIpc) is 3.08. The van der Waals surface area contributed by atoms with Crippen LogP contribution in [0.4, 0.5) is 0 Å². The number of aliphatic imine (C=N–C) groups is 1. The molecule has 0 saturated heterocycles. The normalized spacial score (nSPS) is 15.7. The van der Waals surface area contributed by atoms with Crippen molar-refractivity contribution in [3.05, 3.63) is 62.3 Å². The summed E-state index contributed by atoms with van der Waals surface area (Å²) >= 11 is 13.0. The molecule has 1 atom stereocenters. The van der Waals surface area contributed by atoms with Crippen LogP contribution >= 0.6 is 35.2 Å². The lowest BCUT2D eigenvalue weighted by Crippen LogP contribution is -2.13. The van der Waals surface area contributed by atoms with E-state index in [9.17, 15) is 0 Å². The van der Waals surface area contributed by atoms with Gasteiger partial charge in [-0.25, -0.2) is 0 Å². The van der Waals surface area contributed by atoms with Crippen LogP contribution in [0.1, 0.15) is 45.5 Å². The highest BCUT2D eigenvalue weighted by molar-refractivity contribution is 7.80. The monoisotopic (exact) mass is 415 g/mol. The van der Waals surface area contributed by atoms with Crippen LogP contribution in [0.2, 0.25) is 5.02 Å². The molecule has 1 aliphatic heterocycles. The first-order valence-electron chi connectivity index (χ1n) is 8.55. The fourth-order valence-corrected chi connectivity index (χ4v) is 4.96. The zero-order valence-corrected chi connectivity index (χ0v) is 17.6. The van der Waals surface area contributed by atoms with Gasteiger partial charge in [0.25, 0.3) is 0 Å². The molecular weight excluding hydrogens is 398 g/mol. The Morgan fingerprint density at radius 2 is 1.93 bits per heavy atom. The van der Waals surface area contributed by atoms with Crippen molar-refractivity contribution in [1.29, 1.82) is 0 Å². The van der Waals surface area contributed by atoms with Crippen LogP contribution in [0, 0.1) is 20.8 Å². The summed E-state index contributed by atoms with van der Waals surface area (Å²) < 4.78 is 5.70. The van der Waals surface area contributed by atoms with Crippen LogP contribution in [0.15, 0.2) is 33.8 Å². The molecule has 1 aliphatic rings. The Balaban J connectivity index is 2.04. The molecule has 0 bridgehead atoms. The van der Waals surface area contributed by atoms with Crippen LogP contribution in [0.3, 0.4) is 0 Å². The van der Waals surface area contributed by atoms with Gasteiger partial charge in [-0.3, -0.25) is 4.99 Å². The van der Waals surface area contributed by atoms with Gasteiger partial charge in [0.15, 0.2) is 5.76 Å². The summed E-state index contributed by atoms with van der Waals surface area (Å²) in [5.41, 5.74) is 12.0. The van der Waals surface area contributed by atoms with Gasteiger partial charge in [0.05, 0.1) is 22.0 Å². The van der Waals surface area contributed by atoms with E-state index >= 15 is 0 Å². The molecule has 0 amide bonds. The maximum absolute atomic E-state index is 6.10. The zero-order valence-electron chi connectivity index (χ0n) is 15.2. The highest BCUT2D eigenvalue weighted by atomic mass is 35.5. The van der Waals surface area contributed by atoms with Crippen molar-refractivity contribution in [1.82, 2.24) is 5.16 Å². The molecule has 0 fully saturated rings. The maximum Gasteiger partial charge on any atom is 0.170 e. The van der Waals surface area contributed by atoms with Gasteiger partial charge in [-0.1, -0.05) is 41.1 Å². The summed E-state index contributed by atoms with van der Waals surface area (Å²) in [6.45, 7) is 6.22. The fourth-order valence-electron chi connectivity index (χ4n) is 3.41. The molecule has 0 radical (unpaired) electrons. The number of fused-ring (bicyclic) bond motifs is 3. The van der Waals surface area contributed by atoms with Crippen molar-refractivity contribution in [3.63, 3.8) is 0 Å². The lowest BCUT2D eigenvalue weighted by atomic mass is 9.96. The van der Waals surface area contributed by atoms with Crippen molar-refractivity contribution in [2.75, 3.05) is 0 Å². The average molecular weight is 416 g/mol. The van der Waals surface area contributed by atoms with Crippen LogP contribution in [0.5, 0.6) is 0 Å². The maximum atomic E-state index is 6.10. The molecule has 2 N–H and O–H groups in total. The second-order valence-corrected chi connectivity index (χ2v) is 8.85. The number of benzene rings is 1. The molecule has 2 aromatic heterocycles. The van der Waals surface area contributed by atoms with E-state index in [0.29, 0.717) is 16.4 Å². The number of thiocarbonyl (C=S) groups is 1. The van der Waals surface area contributed by atoms with Crippen molar-refractivity contribution >= 4 is 45.9 Å². The SMILES string of the molecule is Cc1noc2c1-c1sc(C)c(C)c1C(c1ccc(Cl)cc1)=N[C@H]2CC(N)=S. The third kappa shape index (κ3) is 3.12. The molecule has 0 saturated carbocycles. The molecule has 3 heterocycles. The van der Waals surface area contributed by atoms with E-state index in [1.165, 1.54) is 10.4 Å². The minimum absolute atomic E-state index is 0.302. The Labute approximate surface area is 172 Å². The Morgan fingerprint density at radius 1 is 1.22 bits per heavy atom. The minimum Gasteiger partial charge on any atom is -0.393 e. The van der Waals surface area contributed by atoms with Crippen molar-refractivity contribution in [2.24, 2.45) is 10.7 Å². The number of rotatable bonds is 3. The molecule has 7 heteroatoms. The molecule has 138 valence electrons. The van der Waals surface area contributed by atoms with E-state index in [-0.39, 0.29) is 6.04 Å². The lowest BCUT2D eigenvalue weighted by molar-refractivity contribution is 0.362. The summed E-state index contributed by atoms with van der Waals surface area (Å²) in [4.78, 5) is 7.85. The van der Waals surface area contributed by atoms with Gasteiger partial charge in [-0.15, -0.1) is 11.3 Å². The predicted octanol–water partition coefficient (Wildman–Crippen LogP) is 5.55. The van der Waals surface area contributed by atoms with E-state index in [0.717, 1.165) is 38.7 Å². The van der Waals surface area contributed by atoms with E-state index in [1.54, 1.807) is 11.3 Å². The molecule has 0 spiro atoms. The first kappa shape index (κ1) is 18.3. The number of hydrogen-bond acceptors (Lipinski definition) is 5. The predicted molar refractivity (Wildman–Crippen MR) is 115 cm³/mol. The molecule has 4 rings (SSSR count). The van der Waals surface area contributed by atoms with Crippen molar-refractivity contribution < 1.29 is 4.52 Å². The summed E-state index contributed by atoms with van der Waals surface area (Å²) in [5.74, 6) is 0.728. The summed E-state index contributed by atoms with van der Waals surface area (Å²) in [6, 6.07) is 7.45. The zero-order chi connectivity index (χ0) is 19.3. The van der Waals surface area contributed by atoms with Crippen LogP contribution in [-0.4, -0.2) is 15.9 Å². The Hall–Kier alpha value is -2.02. The number of hydrogen-bond donors (Lipinski definition) is 1. The third-order valence-corrected chi connectivity index (χ3v) is 6.48. The quantitative estimate of drug-likeness (QED) is 0.569. The molecule has 1 aromatic carbocycles. The number of aryl methyl sites for hydroxylation is 2. The van der Waals surface area contributed by atoms with E-state index in [2.05, 4.69) is 19.0 Å². The number of nitrogens with zero attached hydrogens (tertiary/aromatic N) is 2. The third-order valence-electron chi connectivity index (χ3n) is 4.84. The summed E-state index contributed by atoms with van der Waals surface area (Å²) in [7, 11) is 0. The highest BCUT2D eigenvalue weighted by Crippen LogP contribution is 2.46. The summed E-state index contributed by atoms with van der Waals surface area (Å²) in [5, 5.41) is 4.90. The van der Waals surface area contributed by atoms with Gasteiger partial charge in [-0.05, 0) is 38.5 Å². The highest BCUT2D eigenvalue weighted by Gasteiger charge is 2.33. The van der Waals surface area contributed by atoms with Gasteiger partial charge in [0.2, 0.25) is 0 Å².